The van der Waals surface area contributed by atoms with Crippen LogP contribution in [0.1, 0.15) is 24.0 Å². The summed E-state index contributed by atoms with van der Waals surface area (Å²) in [6.07, 6.45) is 3.71. The summed E-state index contributed by atoms with van der Waals surface area (Å²) >= 11 is 0. The molecule has 0 fully saturated rings. The molecule has 0 heterocycles. The van der Waals surface area contributed by atoms with Crippen LogP contribution in [0.3, 0.4) is 0 Å². The normalized spacial score (nSPS) is 19.8. The molecule has 1 aromatic carbocycles. The van der Waals surface area contributed by atoms with Gasteiger partial charge in [-0.3, -0.25) is 0 Å². The third kappa shape index (κ3) is 1.72. The highest BCUT2D eigenvalue weighted by molar-refractivity contribution is 5.36. The van der Waals surface area contributed by atoms with Gasteiger partial charge in [0.2, 0.25) is 0 Å². The van der Waals surface area contributed by atoms with Crippen LogP contribution in [-0.4, -0.2) is 5.11 Å². The van der Waals surface area contributed by atoms with Gasteiger partial charge in [0.1, 0.15) is 5.75 Å². The molecule has 0 aliphatic heterocycles. The van der Waals surface area contributed by atoms with E-state index in [2.05, 4.69) is 6.07 Å². The van der Waals surface area contributed by atoms with Gasteiger partial charge in [-0.1, -0.05) is 6.07 Å². The van der Waals surface area contributed by atoms with Gasteiger partial charge in [-0.2, -0.15) is 5.26 Å². The van der Waals surface area contributed by atoms with Crippen molar-refractivity contribution in [2.24, 2.45) is 5.92 Å². The largest absolute Gasteiger partial charge is 0.508 e. The fourth-order valence-electron chi connectivity index (χ4n) is 2.12. The first-order chi connectivity index (χ1) is 6.79. The van der Waals surface area contributed by atoms with Crippen LogP contribution in [0.2, 0.25) is 0 Å². The van der Waals surface area contributed by atoms with Crippen LogP contribution in [-0.2, 0) is 12.8 Å². The van der Waals surface area contributed by atoms with E-state index in [9.17, 15) is 5.11 Å². The third-order valence-corrected chi connectivity index (χ3v) is 2.90. The first-order valence-corrected chi connectivity index (χ1v) is 4.97. The van der Waals surface area contributed by atoms with Gasteiger partial charge in [-0.25, -0.2) is 0 Å². The topological polar surface area (TPSA) is 44.0 Å². The van der Waals surface area contributed by atoms with Gasteiger partial charge < -0.3 is 5.11 Å². The van der Waals surface area contributed by atoms with Gasteiger partial charge in [-0.05, 0) is 48.4 Å². The van der Waals surface area contributed by atoms with E-state index < -0.39 is 0 Å². The van der Waals surface area contributed by atoms with Crippen molar-refractivity contribution >= 4 is 0 Å². The summed E-state index contributed by atoms with van der Waals surface area (Å²) < 4.78 is 0. The van der Waals surface area contributed by atoms with E-state index in [1.165, 1.54) is 11.1 Å². The Labute approximate surface area is 83.8 Å². The fourth-order valence-corrected chi connectivity index (χ4v) is 2.12. The van der Waals surface area contributed by atoms with Crippen molar-refractivity contribution in [1.29, 1.82) is 5.26 Å². The summed E-state index contributed by atoms with van der Waals surface area (Å²) in [6.45, 7) is 0. The first kappa shape index (κ1) is 9.08. The van der Waals surface area contributed by atoms with Crippen LogP contribution >= 0.6 is 0 Å². The van der Waals surface area contributed by atoms with Crippen LogP contribution in [0.25, 0.3) is 0 Å². The van der Waals surface area contributed by atoms with E-state index in [0.717, 1.165) is 19.3 Å². The molecule has 1 unspecified atom stereocenters. The molecule has 1 atom stereocenters. The van der Waals surface area contributed by atoms with E-state index in [1.807, 2.05) is 12.1 Å². The molecule has 2 rings (SSSR count). The molecule has 72 valence electrons. The maximum absolute atomic E-state index is 9.31. The summed E-state index contributed by atoms with van der Waals surface area (Å²) in [4.78, 5) is 0. The zero-order chi connectivity index (χ0) is 9.97. The van der Waals surface area contributed by atoms with Gasteiger partial charge in [-0.15, -0.1) is 0 Å². The Hall–Kier alpha value is -1.49. The van der Waals surface area contributed by atoms with E-state index in [4.69, 9.17) is 5.26 Å². The van der Waals surface area contributed by atoms with Crippen molar-refractivity contribution in [3.8, 4) is 11.8 Å². The minimum absolute atomic E-state index is 0.350. The van der Waals surface area contributed by atoms with Crippen LogP contribution in [0.15, 0.2) is 18.2 Å². The van der Waals surface area contributed by atoms with Crippen molar-refractivity contribution in [2.45, 2.75) is 25.7 Å². The van der Waals surface area contributed by atoms with E-state index in [-0.39, 0.29) is 0 Å². The molecule has 2 nitrogen and oxygen atoms in total. The maximum Gasteiger partial charge on any atom is 0.115 e. The zero-order valence-corrected chi connectivity index (χ0v) is 8.03. The molecule has 0 spiro atoms. The van der Waals surface area contributed by atoms with Gasteiger partial charge in [0, 0.05) is 6.42 Å². The molecule has 14 heavy (non-hydrogen) atoms. The second kappa shape index (κ2) is 3.71. The van der Waals surface area contributed by atoms with Crippen molar-refractivity contribution in [3.63, 3.8) is 0 Å². The standard InChI is InChI=1S/C12H13NO/c13-6-5-9-1-2-11-8-12(14)4-3-10(11)7-9/h3-4,8-9,14H,1-2,5,7H2. The zero-order valence-electron chi connectivity index (χ0n) is 8.03. The Morgan fingerprint density at radius 3 is 3.07 bits per heavy atom. The lowest BCUT2D eigenvalue weighted by Gasteiger charge is -2.22. The molecule has 1 aliphatic carbocycles. The molecule has 2 heteroatoms. The number of rotatable bonds is 1. The van der Waals surface area contributed by atoms with E-state index in [0.29, 0.717) is 18.1 Å². The predicted octanol–water partition coefficient (Wildman–Crippen LogP) is 2.41. The molecule has 0 saturated heterocycles. The Balaban J connectivity index is 2.20. The molecule has 1 aromatic rings. The molecule has 0 aromatic heterocycles. The SMILES string of the molecule is N#CCC1CCc2cc(O)ccc2C1. The van der Waals surface area contributed by atoms with Crippen molar-refractivity contribution in [1.82, 2.24) is 0 Å². The van der Waals surface area contributed by atoms with Crippen LogP contribution in [0.5, 0.6) is 5.75 Å². The highest BCUT2D eigenvalue weighted by atomic mass is 16.3. The van der Waals surface area contributed by atoms with Gasteiger partial charge >= 0.3 is 0 Å². The minimum atomic E-state index is 0.350. The summed E-state index contributed by atoms with van der Waals surface area (Å²) in [6, 6.07) is 7.79. The quantitative estimate of drug-likeness (QED) is 0.733. The lowest BCUT2D eigenvalue weighted by atomic mass is 9.82. The molecule has 0 saturated carbocycles. The summed E-state index contributed by atoms with van der Waals surface area (Å²) in [5.41, 5.74) is 2.55. The van der Waals surface area contributed by atoms with Gasteiger partial charge in [0.15, 0.2) is 0 Å². The monoisotopic (exact) mass is 187 g/mol. The number of benzene rings is 1. The Bertz CT molecular complexity index is 378. The van der Waals surface area contributed by atoms with Crippen LogP contribution in [0.4, 0.5) is 0 Å². The number of phenolic OH excluding ortho intramolecular Hbond substituents is 1. The average molecular weight is 187 g/mol. The average Bonchev–Trinajstić information content (AvgIpc) is 2.19. The second-order valence-electron chi connectivity index (χ2n) is 3.92. The smallest absolute Gasteiger partial charge is 0.115 e. The number of hydrogen-bond acceptors (Lipinski definition) is 2. The maximum atomic E-state index is 9.31. The lowest BCUT2D eigenvalue weighted by Crippen LogP contribution is -2.13. The van der Waals surface area contributed by atoms with Crippen LogP contribution in [0, 0.1) is 17.2 Å². The summed E-state index contributed by atoms with van der Waals surface area (Å²) in [5.74, 6) is 0.861. The number of fused-ring (bicyclic) bond motifs is 1. The molecule has 0 amide bonds. The number of nitriles is 1. The highest BCUT2D eigenvalue weighted by Crippen LogP contribution is 2.29. The molecular weight excluding hydrogens is 174 g/mol. The molecule has 0 bridgehead atoms. The minimum Gasteiger partial charge on any atom is -0.508 e. The number of phenols is 1. The lowest BCUT2D eigenvalue weighted by molar-refractivity contribution is 0.455. The van der Waals surface area contributed by atoms with Gasteiger partial charge in [0.25, 0.3) is 0 Å². The number of aryl methyl sites for hydroxylation is 1. The first-order valence-electron chi connectivity index (χ1n) is 4.97. The Morgan fingerprint density at radius 1 is 1.43 bits per heavy atom. The predicted molar refractivity (Wildman–Crippen MR) is 53.9 cm³/mol. The number of aromatic hydroxyl groups is 1. The molecule has 1 N–H and O–H groups in total. The fraction of sp³-hybridized carbons (Fsp3) is 0.417. The third-order valence-electron chi connectivity index (χ3n) is 2.90. The van der Waals surface area contributed by atoms with E-state index in [1.54, 1.807) is 6.07 Å². The Kier molecular flexibility index (Phi) is 2.41. The van der Waals surface area contributed by atoms with Gasteiger partial charge in [0.05, 0.1) is 6.07 Å². The van der Waals surface area contributed by atoms with Crippen molar-refractivity contribution < 1.29 is 5.11 Å². The number of hydrogen-bond donors (Lipinski definition) is 1. The van der Waals surface area contributed by atoms with Crippen LogP contribution < -0.4 is 0 Å². The highest BCUT2D eigenvalue weighted by Gasteiger charge is 2.18. The molecule has 0 radical (unpaired) electrons. The van der Waals surface area contributed by atoms with E-state index >= 15 is 0 Å². The Morgan fingerprint density at radius 2 is 2.29 bits per heavy atom. The molecule has 1 aliphatic rings. The van der Waals surface area contributed by atoms with Crippen molar-refractivity contribution in [3.05, 3.63) is 29.3 Å². The second-order valence-corrected chi connectivity index (χ2v) is 3.92. The molecular formula is C12H13NO. The summed E-state index contributed by atoms with van der Waals surface area (Å²) in [7, 11) is 0. The summed E-state index contributed by atoms with van der Waals surface area (Å²) in [5, 5.41) is 17.9. The number of nitrogens with zero attached hydrogens (tertiary/aromatic N) is 1. The van der Waals surface area contributed by atoms with Crippen molar-refractivity contribution in [2.75, 3.05) is 0 Å².